The van der Waals surface area contributed by atoms with Crippen LogP contribution in [-0.4, -0.2) is 19.1 Å². The van der Waals surface area contributed by atoms with Gasteiger partial charge in [0.2, 0.25) is 5.91 Å². The van der Waals surface area contributed by atoms with E-state index in [0.717, 1.165) is 5.57 Å². The van der Waals surface area contributed by atoms with Crippen molar-refractivity contribution in [2.45, 2.75) is 13.8 Å². The molecule has 1 N–H and O–H groups in total. The van der Waals surface area contributed by atoms with Gasteiger partial charge in [0.05, 0.1) is 6.54 Å². The topological polar surface area (TPSA) is 38.3 Å². The molecule has 0 radical (unpaired) electrons. The molecule has 3 nitrogen and oxygen atoms in total. The molecule has 0 aliphatic carbocycles. The zero-order chi connectivity index (χ0) is 9.56. The summed E-state index contributed by atoms with van der Waals surface area (Å²) < 4.78 is 5.15. The van der Waals surface area contributed by atoms with Crippen LogP contribution in [0.1, 0.15) is 13.8 Å². The first-order valence-electron chi connectivity index (χ1n) is 3.76. The highest BCUT2D eigenvalue weighted by molar-refractivity contribution is 5.72. The van der Waals surface area contributed by atoms with E-state index in [1.807, 2.05) is 6.92 Å². The predicted molar refractivity (Wildman–Crippen MR) is 48.6 cm³/mol. The van der Waals surface area contributed by atoms with Crippen molar-refractivity contribution in [2.24, 2.45) is 0 Å². The third kappa shape index (κ3) is 5.53. The van der Waals surface area contributed by atoms with E-state index < -0.39 is 0 Å². The molecule has 12 heavy (non-hydrogen) atoms. The lowest BCUT2D eigenvalue weighted by Crippen LogP contribution is -2.24. The molecule has 0 aliphatic rings. The number of carbonyl (C=O) groups excluding carboxylic acids is 1. The molecule has 0 aromatic heterocycles. The second kappa shape index (κ2) is 5.41. The van der Waals surface area contributed by atoms with E-state index in [-0.39, 0.29) is 5.91 Å². The fourth-order valence-corrected chi connectivity index (χ4v) is 0.524. The van der Waals surface area contributed by atoms with Crippen LogP contribution in [0.5, 0.6) is 0 Å². The Bertz CT molecular complexity index is 197. The Labute approximate surface area is 73.1 Å². The minimum Gasteiger partial charge on any atom is -0.492 e. The monoisotopic (exact) mass is 169 g/mol. The van der Waals surface area contributed by atoms with Crippen molar-refractivity contribution in [1.82, 2.24) is 5.32 Å². The van der Waals surface area contributed by atoms with E-state index in [1.54, 1.807) is 0 Å². The molecular formula is C9H15NO2. The molecular weight excluding hydrogens is 154 g/mol. The number of hydrogen-bond acceptors (Lipinski definition) is 2. The van der Waals surface area contributed by atoms with Crippen LogP contribution in [0.15, 0.2) is 24.5 Å². The first-order chi connectivity index (χ1) is 5.54. The van der Waals surface area contributed by atoms with Crippen LogP contribution < -0.4 is 5.32 Å². The number of nitrogens with one attached hydrogen (secondary N) is 1. The highest BCUT2D eigenvalue weighted by Gasteiger charge is 1.95. The third-order valence-corrected chi connectivity index (χ3v) is 1.23. The Morgan fingerprint density at radius 1 is 1.42 bits per heavy atom. The lowest BCUT2D eigenvalue weighted by atomic mass is 10.3. The van der Waals surface area contributed by atoms with Crippen LogP contribution >= 0.6 is 0 Å². The molecule has 0 heterocycles. The van der Waals surface area contributed by atoms with E-state index in [2.05, 4.69) is 18.5 Å². The van der Waals surface area contributed by atoms with Crippen molar-refractivity contribution in [3.8, 4) is 0 Å². The minimum atomic E-state index is -0.0560. The van der Waals surface area contributed by atoms with Crippen molar-refractivity contribution >= 4 is 5.91 Å². The van der Waals surface area contributed by atoms with Crippen molar-refractivity contribution in [3.05, 3.63) is 24.5 Å². The summed E-state index contributed by atoms with van der Waals surface area (Å²) >= 11 is 0. The molecule has 0 aliphatic heterocycles. The molecule has 0 aromatic carbocycles. The summed E-state index contributed by atoms with van der Waals surface area (Å²) in [4.78, 5) is 10.4. The summed E-state index contributed by atoms with van der Waals surface area (Å²) in [6, 6.07) is 0. The number of allylic oxidation sites excluding steroid dienone is 1. The van der Waals surface area contributed by atoms with Gasteiger partial charge in [-0.25, -0.2) is 0 Å². The average Bonchev–Trinajstić information content (AvgIpc) is 1.97. The molecule has 0 aromatic rings. The highest BCUT2D eigenvalue weighted by Crippen LogP contribution is 2.03. The fraction of sp³-hybridized carbons (Fsp3) is 0.444. The van der Waals surface area contributed by atoms with Gasteiger partial charge in [-0.05, 0) is 12.5 Å². The number of carbonyl (C=O) groups is 1. The Hall–Kier alpha value is -1.25. The van der Waals surface area contributed by atoms with Gasteiger partial charge in [-0.3, -0.25) is 4.79 Å². The van der Waals surface area contributed by atoms with Gasteiger partial charge in [0.25, 0.3) is 0 Å². The van der Waals surface area contributed by atoms with E-state index >= 15 is 0 Å². The van der Waals surface area contributed by atoms with Crippen molar-refractivity contribution < 1.29 is 9.53 Å². The first kappa shape index (κ1) is 10.8. The summed E-state index contributed by atoms with van der Waals surface area (Å²) in [5.41, 5.74) is 0.804. The van der Waals surface area contributed by atoms with Gasteiger partial charge in [0.15, 0.2) is 0 Å². The number of hydrogen-bond donors (Lipinski definition) is 1. The first-order valence-corrected chi connectivity index (χ1v) is 3.76. The van der Waals surface area contributed by atoms with E-state index in [1.165, 1.54) is 6.92 Å². The SMILES string of the molecule is C=C(C)C(=C)OCCNC(C)=O. The van der Waals surface area contributed by atoms with Gasteiger partial charge in [-0.1, -0.05) is 13.2 Å². The van der Waals surface area contributed by atoms with Crippen molar-refractivity contribution in [1.29, 1.82) is 0 Å². The summed E-state index contributed by atoms with van der Waals surface area (Å²) in [7, 11) is 0. The molecule has 68 valence electrons. The second-order valence-electron chi connectivity index (χ2n) is 2.53. The van der Waals surface area contributed by atoms with Crippen LogP contribution in [0, 0.1) is 0 Å². The van der Waals surface area contributed by atoms with Crippen molar-refractivity contribution in [3.63, 3.8) is 0 Å². The largest absolute Gasteiger partial charge is 0.492 e. The molecule has 0 fully saturated rings. The molecule has 0 atom stereocenters. The zero-order valence-corrected chi connectivity index (χ0v) is 7.64. The van der Waals surface area contributed by atoms with Gasteiger partial charge < -0.3 is 10.1 Å². The molecule has 0 spiro atoms. The number of ether oxygens (including phenoxy) is 1. The zero-order valence-electron chi connectivity index (χ0n) is 7.64. The van der Waals surface area contributed by atoms with Crippen LogP contribution in [0.3, 0.4) is 0 Å². The molecule has 0 saturated carbocycles. The molecule has 0 rings (SSSR count). The molecule has 1 amide bonds. The highest BCUT2D eigenvalue weighted by atomic mass is 16.5. The number of rotatable bonds is 5. The molecule has 3 heteroatoms. The number of amides is 1. The quantitative estimate of drug-likeness (QED) is 0.382. The average molecular weight is 169 g/mol. The lowest BCUT2D eigenvalue weighted by molar-refractivity contribution is -0.119. The fourth-order valence-electron chi connectivity index (χ4n) is 0.524. The Morgan fingerprint density at radius 2 is 2.00 bits per heavy atom. The van der Waals surface area contributed by atoms with Gasteiger partial charge >= 0.3 is 0 Å². The summed E-state index contributed by atoms with van der Waals surface area (Å²) in [5, 5.41) is 2.61. The summed E-state index contributed by atoms with van der Waals surface area (Å²) in [6.45, 7) is 11.5. The van der Waals surface area contributed by atoms with E-state index in [4.69, 9.17) is 4.74 Å². The minimum absolute atomic E-state index is 0.0560. The van der Waals surface area contributed by atoms with Gasteiger partial charge in [-0.2, -0.15) is 0 Å². The summed E-state index contributed by atoms with van der Waals surface area (Å²) in [5.74, 6) is 0.514. The Kier molecular flexibility index (Phi) is 4.84. The van der Waals surface area contributed by atoms with Crippen LogP contribution in [-0.2, 0) is 9.53 Å². The molecule has 0 bridgehead atoms. The Balaban J connectivity index is 3.38. The van der Waals surface area contributed by atoms with Gasteiger partial charge in [0.1, 0.15) is 12.4 Å². The van der Waals surface area contributed by atoms with Crippen LogP contribution in [0.25, 0.3) is 0 Å². The van der Waals surface area contributed by atoms with Gasteiger partial charge in [0, 0.05) is 6.92 Å². The van der Waals surface area contributed by atoms with Crippen LogP contribution in [0.2, 0.25) is 0 Å². The maximum Gasteiger partial charge on any atom is 0.216 e. The van der Waals surface area contributed by atoms with Crippen molar-refractivity contribution in [2.75, 3.05) is 13.2 Å². The lowest BCUT2D eigenvalue weighted by Gasteiger charge is -2.08. The molecule has 0 unspecified atom stereocenters. The van der Waals surface area contributed by atoms with E-state index in [0.29, 0.717) is 18.9 Å². The maximum absolute atomic E-state index is 10.4. The standard InChI is InChI=1S/C9H15NO2/c1-7(2)8(3)12-6-5-10-9(4)11/h1,3,5-6H2,2,4H3,(H,10,11). The third-order valence-electron chi connectivity index (χ3n) is 1.23. The molecule has 0 saturated heterocycles. The van der Waals surface area contributed by atoms with E-state index in [9.17, 15) is 4.79 Å². The summed E-state index contributed by atoms with van der Waals surface area (Å²) in [6.07, 6.45) is 0. The normalized spacial score (nSPS) is 8.83. The second-order valence-corrected chi connectivity index (χ2v) is 2.53. The van der Waals surface area contributed by atoms with Gasteiger partial charge in [-0.15, -0.1) is 0 Å². The predicted octanol–water partition coefficient (Wildman–Crippen LogP) is 1.23. The maximum atomic E-state index is 10.4. The Morgan fingerprint density at radius 3 is 2.42 bits per heavy atom. The smallest absolute Gasteiger partial charge is 0.216 e. The van der Waals surface area contributed by atoms with Crippen LogP contribution in [0.4, 0.5) is 0 Å².